The van der Waals surface area contributed by atoms with E-state index < -0.39 is 0 Å². The van der Waals surface area contributed by atoms with Gasteiger partial charge in [0.2, 0.25) is 0 Å². The number of hydrogen-bond acceptors (Lipinski definition) is 5. The number of thiazole rings is 1. The molecule has 0 radical (unpaired) electrons. The van der Waals surface area contributed by atoms with E-state index in [1.165, 1.54) is 11.3 Å². The van der Waals surface area contributed by atoms with Crippen LogP contribution in [0.2, 0.25) is 0 Å². The fourth-order valence-corrected chi connectivity index (χ4v) is 1.45. The molecule has 0 unspecified atom stereocenters. The normalized spacial score (nSPS) is 10.2. The summed E-state index contributed by atoms with van der Waals surface area (Å²) in [5.74, 6) is 0.651. The molecule has 2 N–H and O–H groups in total. The predicted molar refractivity (Wildman–Crippen MR) is 51.0 cm³/mol. The third kappa shape index (κ3) is 1.71. The van der Waals surface area contributed by atoms with E-state index in [2.05, 4.69) is 15.0 Å². The lowest BCUT2D eigenvalue weighted by atomic mass is 10.3. The molecule has 2 rings (SSSR count). The molecule has 0 fully saturated rings. The van der Waals surface area contributed by atoms with Crippen molar-refractivity contribution in [2.75, 3.05) is 0 Å². The first-order valence-corrected chi connectivity index (χ1v) is 4.74. The summed E-state index contributed by atoms with van der Waals surface area (Å²) in [6, 6.07) is 0. The zero-order chi connectivity index (χ0) is 9.10. The second kappa shape index (κ2) is 3.59. The Labute approximate surface area is 79.5 Å². The van der Waals surface area contributed by atoms with Crippen molar-refractivity contribution in [2.45, 2.75) is 6.54 Å². The van der Waals surface area contributed by atoms with Crippen molar-refractivity contribution in [3.05, 3.63) is 28.8 Å². The molecule has 0 aliphatic heterocycles. The second-order valence-corrected chi connectivity index (χ2v) is 3.21. The molecule has 0 amide bonds. The van der Waals surface area contributed by atoms with Crippen molar-refractivity contribution in [3.8, 4) is 11.5 Å². The highest BCUT2D eigenvalue weighted by Crippen LogP contribution is 2.13. The maximum Gasteiger partial charge on any atom is 0.178 e. The maximum absolute atomic E-state index is 5.43. The topological polar surface area (TPSA) is 64.7 Å². The van der Waals surface area contributed by atoms with Crippen molar-refractivity contribution in [1.82, 2.24) is 15.0 Å². The van der Waals surface area contributed by atoms with Crippen molar-refractivity contribution in [1.29, 1.82) is 0 Å². The Balaban J connectivity index is 2.33. The van der Waals surface area contributed by atoms with Crippen molar-refractivity contribution in [2.24, 2.45) is 5.73 Å². The van der Waals surface area contributed by atoms with Gasteiger partial charge in [0.25, 0.3) is 0 Å². The summed E-state index contributed by atoms with van der Waals surface area (Å²) in [7, 11) is 0. The largest absolute Gasteiger partial charge is 0.326 e. The summed E-state index contributed by atoms with van der Waals surface area (Å²) in [6.07, 6.45) is 3.45. The van der Waals surface area contributed by atoms with E-state index in [0.29, 0.717) is 12.4 Å². The number of rotatable bonds is 2. The van der Waals surface area contributed by atoms with Crippen LogP contribution in [-0.2, 0) is 6.54 Å². The Morgan fingerprint density at radius 1 is 1.23 bits per heavy atom. The lowest BCUT2D eigenvalue weighted by Gasteiger charge is -1.96. The molecular formula is C8H8N4S. The van der Waals surface area contributed by atoms with Gasteiger partial charge in [0.1, 0.15) is 5.69 Å². The number of nitrogens with zero attached hydrogens (tertiary/aromatic N) is 3. The third-order valence-corrected chi connectivity index (χ3v) is 2.19. The molecule has 5 heteroatoms. The lowest BCUT2D eigenvalue weighted by Crippen LogP contribution is -1.98. The molecule has 0 bridgehead atoms. The van der Waals surface area contributed by atoms with E-state index in [4.69, 9.17) is 5.73 Å². The lowest BCUT2D eigenvalue weighted by molar-refractivity contribution is 1.01. The molecule has 2 aromatic heterocycles. The highest BCUT2D eigenvalue weighted by Gasteiger charge is 2.01. The first-order chi connectivity index (χ1) is 6.40. The molecule has 0 aliphatic rings. The predicted octanol–water partition coefficient (Wildman–Crippen LogP) is 1.06. The number of nitrogens with two attached hydrogens (primary N) is 1. The van der Waals surface area contributed by atoms with Crippen LogP contribution in [0.1, 0.15) is 5.56 Å². The van der Waals surface area contributed by atoms with Gasteiger partial charge in [-0.2, -0.15) is 0 Å². The maximum atomic E-state index is 5.43. The van der Waals surface area contributed by atoms with Crippen LogP contribution in [0.4, 0.5) is 0 Å². The van der Waals surface area contributed by atoms with Gasteiger partial charge in [-0.1, -0.05) is 0 Å². The van der Waals surface area contributed by atoms with Crippen LogP contribution in [0, 0.1) is 0 Å². The Morgan fingerprint density at radius 2 is 2.00 bits per heavy atom. The fraction of sp³-hybridized carbons (Fsp3) is 0.125. The van der Waals surface area contributed by atoms with Crippen LogP contribution in [0.25, 0.3) is 11.5 Å². The Kier molecular flexibility index (Phi) is 2.29. The Hall–Kier alpha value is -1.33. The average molecular weight is 192 g/mol. The molecule has 0 saturated heterocycles. The fourth-order valence-electron chi connectivity index (χ4n) is 0.915. The second-order valence-electron chi connectivity index (χ2n) is 2.49. The van der Waals surface area contributed by atoms with Gasteiger partial charge in [-0.05, 0) is 0 Å². The van der Waals surface area contributed by atoms with Gasteiger partial charge >= 0.3 is 0 Å². The Morgan fingerprint density at radius 3 is 2.54 bits per heavy atom. The zero-order valence-electron chi connectivity index (χ0n) is 6.84. The van der Waals surface area contributed by atoms with Gasteiger partial charge in [0.15, 0.2) is 5.82 Å². The molecule has 2 heterocycles. The molecule has 66 valence electrons. The smallest absolute Gasteiger partial charge is 0.178 e. The summed E-state index contributed by atoms with van der Waals surface area (Å²) < 4.78 is 0. The van der Waals surface area contributed by atoms with Gasteiger partial charge in [0.05, 0.1) is 5.51 Å². The van der Waals surface area contributed by atoms with E-state index in [1.807, 2.05) is 5.38 Å². The summed E-state index contributed by atoms with van der Waals surface area (Å²) in [5.41, 5.74) is 8.93. The summed E-state index contributed by atoms with van der Waals surface area (Å²) in [6.45, 7) is 0.470. The molecule has 4 nitrogen and oxygen atoms in total. The van der Waals surface area contributed by atoms with Gasteiger partial charge in [0, 0.05) is 29.9 Å². The quantitative estimate of drug-likeness (QED) is 0.772. The molecule has 0 aromatic carbocycles. The molecule has 0 saturated carbocycles. The van der Waals surface area contributed by atoms with Crippen LogP contribution in [0.5, 0.6) is 0 Å². The summed E-state index contributed by atoms with van der Waals surface area (Å²) in [4.78, 5) is 12.4. The van der Waals surface area contributed by atoms with Crippen LogP contribution >= 0.6 is 11.3 Å². The minimum atomic E-state index is 0.470. The third-order valence-electron chi connectivity index (χ3n) is 1.60. The van der Waals surface area contributed by atoms with Crippen molar-refractivity contribution in [3.63, 3.8) is 0 Å². The monoisotopic (exact) mass is 192 g/mol. The number of aromatic nitrogens is 3. The first-order valence-electron chi connectivity index (χ1n) is 3.79. The van der Waals surface area contributed by atoms with E-state index >= 15 is 0 Å². The van der Waals surface area contributed by atoms with Crippen LogP contribution in [-0.4, -0.2) is 15.0 Å². The number of hydrogen-bond donors (Lipinski definition) is 1. The van der Waals surface area contributed by atoms with Gasteiger partial charge in [-0.3, -0.25) is 0 Å². The zero-order valence-corrected chi connectivity index (χ0v) is 7.66. The van der Waals surface area contributed by atoms with Gasteiger partial charge in [-0.15, -0.1) is 11.3 Å². The van der Waals surface area contributed by atoms with Gasteiger partial charge in [-0.25, -0.2) is 15.0 Å². The minimum Gasteiger partial charge on any atom is -0.326 e. The van der Waals surface area contributed by atoms with E-state index in [1.54, 1.807) is 17.9 Å². The molecule has 0 atom stereocenters. The van der Waals surface area contributed by atoms with Gasteiger partial charge < -0.3 is 5.73 Å². The van der Waals surface area contributed by atoms with E-state index in [-0.39, 0.29) is 0 Å². The van der Waals surface area contributed by atoms with E-state index in [0.717, 1.165) is 11.3 Å². The van der Waals surface area contributed by atoms with Crippen LogP contribution in [0.15, 0.2) is 23.3 Å². The van der Waals surface area contributed by atoms with Crippen LogP contribution in [0.3, 0.4) is 0 Å². The van der Waals surface area contributed by atoms with Crippen molar-refractivity contribution < 1.29 is 0 Å². The molecule has 2 aromatic rings. The molecule has 13 heavy (non-hydrogen) atoms. The SMILES string of the molecule is NCc1cnc(-c2cscn2)nc1. The minimum absolute atomic E-state index is 0.470. The molecule has 0 aliphatic carbocycles. The standard InChI is InChI=1S/C8H8N4S/c9-1-6-2-10-8(11-3-6)7-4-13-5-12-7/h2-5H,1,9H2. The summed E-state index contributed by atoms with van der Waals surface area (Å²) >= 11 is 1.53. The first kappa shape index (κ1) is 8.28. The average Bonchev–Trinajstić information content (AvgIpc) is 2.71. The van der Waals surface area contributed by atoms with Crippen LogP contribution < -0.4 is 5.73 Å². The highest BCUT2D eigenvalue weighted by atomic mass is 32.1. The Bertz CT molecular complexity index is 368. The molecular weight excluding hydrogens is 184 g/mol. The highest BCUT2D eigenvalue weighted by molar-refractivity contribution is 7.07. The van der Waals surface area contributed by atoms with E-state index in [9.17, 15) is 0 Å². The van der Waals surface area contributed by atoms with Crippen molar-refractivity contribution >= 4 is 11.3 Å². The molecule has 0 spiro atoms. The summed E-state index contributed by atoms with van der Waals surface area (Å²) in [5, 5.41) is 1.91.